The molecule has 0 saturated heterocycles. The lowest BCUT2D eigenvalue weighted by atomic mass is 9.79. The third kappa shape index (κ3) is 9.53. The van der Waals surface area contributed by atoms with Gasteiger partial charge in [-0.05, 0) is 51.4 Å². The van der Waals surface area contributed by atoms with Crippen molar-refractivity contribution in [3.8, 4) is 0 Å². The first kappa shape index (κ1) is 22.9. The smallest absolute Gasteiger partial charge is 0.309 e. The maximum Gasteiger partial charge on any atom is 0.309 e. The molecule has 0 bridgehead atoms. The van der Waals surface area contributed by atoms with Crippen molar-refractivity contribution in [2.45, 2.75) is 77.0 Å². The van der Waals surface area contributed by atoms with Gasteiger partial charge in [-0.1, -0.05) is 25.7 Å². The second-order valence-electron chi connectivity index (χ2n) is 7.11. The van der Waals surface area contributed by atoms with Gasteiger partial charge in [-0.15, -0.1) is 0 Å². The van der Waals surface area contributed by atoms with E-state index in [2.05, 4.69) is 0 Å². The molecule has 0 aromatic carbocycles. The van der Waals surface area contributed by atoms with Gasteiger partial charge in [-0.2, -0.15) is 0 Å². The number of ether oxygens (including phenoxy) is 2. The molecule has 2 unspecified atom stereocenters. The number of rotatable bonds is 14. The minimum Gasteiger partial charge on any atom is -0.465 e. The number of unbranched alkanes of at least 4 members (excludes halogenated alkanes) is 6. The van der Waals surface area contributed by atoms with Crippen LogP contribution in [0.25, 0.3) is 0 Å². The summed E-state index contributed by atoms with van der Waals surface area (Å²) in [6.45, 7) is 1.17. The third-order valence-corrected chi connectivity index (χ3v) is 4.97. The van der Waals surface area contributed by atoms with Crippen LogP contribution < -0.4 is 0 Å². The van der Waals surface area contributed by atoms with Crippen molar-refractivity contribution < 1.29 is 29.3 Å². The quantitative estimate of drug-likeness (QED) is 0.360. The van der Waals surface area contributed by atoms with Crippen molar-refractivity contribution in [2.24, 2.45) is 11.8 Å². The second kappa shape index (κ2) is 15.0. The first-order chi connectivity index (χ1) is 12.7. The average Bonchev–Trinajstić information content (AvgIpc) is 2.67. The average molecular weight is 373 g/mol. The molecule has 6 nitrogen and oxygen atoms in total. The van der Waals surface area contributed by atoms with E-state index in [4.69, 9.17) is 19.7 Å². The zero-order chi connectivity index (χ0) is 19.0. The second-order valence-corrected chi connectivity index (χ2v) is 7.11. The molecule has 0 aromatic rings. The van der Waals surface area contributed by atoms with Gasteiger partial charge in [-0.3, -0.25) is 9.59 Å². The summed E-state index contributed by atoms with van der Waals surface area (Å²) in [5, 5.41) is 17.5. The zero-order valence-electron chi connectivity index (χ0n) is 16.0. The largest absolute Gasteiger partial charge is 0.465 e. The lowest BCUT2D eigenvalue weighted by Crippen LogP contribution is -2.35. The van der Waals surface area contributed by atoms with Crippen LogP contribution in [-0.4, -0.2) is 48.6 Å². The van der Waals surface area contributed by atoms with Crippen molar-refractivity contribution in [1.82, 2.24) is 0 Å². The molecule has 152 valence electrons. The van der Waals surface area contributed by atoms with E-state index in [-0.39, 0.29) is 37.0 Å². The predicted octanol–water partition coefficient (Wildman–Crippen LogP) is 2.98. The molecule has 1 rings (SSSR count). The summed E-state index contributed by atoms with van der Waals surface area (Å²) >= 11 is 0. The standard InChI is InChI=1S/C20H36O6/c21-13-7-1-3-9-15-25-19(23)17-11-5-6-12-18(17)20(24)26-16-10-4-2-8-14-22/h17-18,21-22H,1-16H2. The van der Waals surface area contributed by atoms with Crippen LogP contribution in [0.2, 0.25) is 0 Å². The number of hydrogen-bond acceptors (Lipinski definition) is 6. The molecule has 26 heavy (non-hydrogen) atoms. The van der Waals surface area contributed by atoms with Gasteiger partial charge in [0.15, 0.2) is 0 Å². The summed E-state index contributed by atoms with van der Waals surface area (Å²) in [4.78, 5) is 24.7. The Bertz CT molecular complexity index is 348. The summed E-state index contributed by atoms with van der Waals surface area (Å²) < 4.78 is 10.8. The van der Waals surface area contributed by atoms with Crippen LogP contribution in [0.5, 0.6) is 0 Å². The highest BCUT2D eigenvalue weighted by Crippen LogP contribution is 2.32. The Balaban J connectivity index is 2.28. The number of carbonyl (C=O) groups excluding carboxylic acids is 2. The number of carbonyl (C=O) groups is 2. The number of hydrogen-bond donors (Lipinski definition) is 2. The molecule has 0 spiro atoms. The number of esters is 2. The monoisotopic (exact) mass is 372 g/mol. The maximum atomic E-state index is 12.4. The van der Waals surface area contributed by atoms with Crippen LogP contribution in [0, 0.1) is 11.8 Å². The summed E-state index contributed by atoms with van der Waals surface area (Å²) in [6, 6.07) is 0. The fourth-order valence-electron chi connectivity index (χ4n) is 3.39. The Morgan fingerprint density at radius 3 is 1.42 bits per heavy atom. The van der Waals surface area contributed by atoms with Gasteiger partial charge in [-0.25, -0.2) is 0 Å². The highest BCUT2D eigenvalue weighted by atomic mass is 16.5. The lowest BCUT2D eigenvalue weighted by molar-refractivity contribution is -0.163. The summed E-state index contributed by atoms with van der Waals surface area (Å²) in [7, 11) is 0. The van der Waals surface area contributed by atoms with Gasteiger partial charge in [0.05, 0.1) is 25.0 Å². The van der Waals surface area contributed by atoms with Crippen LogP contribution in [0.15, 0.2) is 0 Å². The van der Waals surface area contributed by atoms with E-state index in [1.807, 2.05) is 0 Å². The van der Waals surface area contributed by atoms with E-state index >= 15 is 0 Å². The Morgan fingerprint density at radius 1 is 0.654 bits per heavy atom. The molecule has 0 aromatic heterocycles. The Kier molecular flexibility index (Phi) is 13.2. The van der Waals surface area contributed by atoms with E-state index in [1.165, 1.54) is 0 Å². The topological polar surface area (TPSA) is 93.1 Å². The minimum absolute atomic E-state index is 0.201. The molecule has 6 heteroatoms. The van der Waals surface area contributed by atoms with Gasteiger partial charge in [0.1, 0.15) is 0 Å². The van der Waals surface area contributed by atoms with Gasteiger partial charge in [0.2, 0.25) is 0 Å². The Hall–Kier alpha value is -1.14. The van der Waals surface area contributed by atoms with E-state index in [0.717, 1.165) is 64.2 Å². The maximum absolute atomic E-state index is 12.4. The number of aliphatic hydroxyl groups is 2. The molecule has 2 N–H and O–H groups in total. The normalized spacial score (nSPS) is 19.9. The van der Waals surface area contributed by atoms with Gasteiger partial charge in [0.25, 0.3) is 0 Å². The Labute approximate surface area is 157 Å². The van der Waals surface area contributed by atoms with Crippen LogP contribution in [-0.2, 0) is 19.1 Å². The molecule has 0 radical (unpaired) electrons. The fraction of sp³-hybridized carbons (Fsp3) is 0.900. The highest BCUT2D eigenvalue weighted by Gasteiger charge is 2.37. The summed E-state index contributed by atoms with van der Waals surface area (Å²) in [5.74, 6) is -1.28. The van der Waals surface area contributed by atoms with E-state index in [9.17, 15) is 9.59 Å². The minimum atomic E-state index is -0.372. The predicted molar refractivity (Wildman–Crippen MR) is 98.5 cm³/mol. The van der Waals surface area contributed by atoms with Crippen LogP contribution >= 0.6 is 0 Å². The zero-order valence-corrected chi connectivity index (χ0v) is 16.0. The fourth-order valence-corrected chi connectivity index (χ4v) is 3.39. The molecular weight excluding hydrogens is 336 g/mol. The van der Waals surface area contributed by atoms with Crippen molar-refractivity contribution in [3.05, 3.63) is 0 Å². The third-order valence-electron chi connectivity index (χ3n) is 4.97. The van der Waals surface area contributed by atoms with Crippen molar-refractivity contribution in [1.29, 1.82) is 0 Å². The Morgan fingerprint density at radius 2 is 1.04 bits per heavy atom. The van der Waals surface area contributed by atoms with Crippen LogP contribution in [0.1, 0.15) is 77.0 Å². The van der Waals surface area contributed by atoms with E-state index in [0.29, 0.717) is 26.1 Å². The molecule has 1 fully saturated rings. The molecule has 1 saturated carbocycles. The van der Waals surface area contributed by atoms with Gasteiger partial charge < -0.3 is 19.7 Å². The molecule has 2 atom stereocenters. The molecule has 1 aliphatic carbocycles. The summed E-state index contributed by atoms with van der Waals surface area (Å²) in [6.07, 6.45) is 10.2. The highest BCUT2D eigenvalue weighted by molar-refractivity contribution is 5.82. The molecular formula is C20H36O6. The van der Waals surface area contributed by atoms with E-state index < -0.39 is 0 Å². The molecule has 0 aliphatic heterocycles. The first-order valence-corrected chi connectivity index (χ1v) is 10.3. The molecule has 1 aliphatic rings. The van der Waals surface area contributed by atoms with Crippen molar-refractivity contribution >= 4 is 11.9 Å². The van der Waals surface area contributed by atoms with Gasteiger partial charge in [0, 0.05) is 13.2 Å². The van der Waals surface area contributed by atoms with Crippen molar-refractivity contribution in [3.63, 3.8) is 0 Å². The molecule has 0 amide bonds. The SMILES string of the molecule is O=C(OCCCCCCO)C1CCCCC1C(=O)OCCCCCCO. The molecule has 0 heterocycles. The van der Waals surface area contributed by atoms with Crippen molar-refractivity contribution in [2.75, 3.05) is 26.4 Å². The van der Waals surface area contributed by atoms with E-state index in [1.54, 1.807) is 0 Å². The van der Waals surface area contributed by atoms with Gasteiger partial charge >= 0.3 is 11.9 Å². The first-order valence-electron chi connectivity index (χ1n) is 10.3. The number of aliphatic hydroxyl groups excluding tert-OH is 2. The van der Waals surface area contributed by atoms with Crippen LogP contribution in [0.3, 0.4) is 0 Å². The summed E-state index contributed by atoms with van der Waals surface area (Å²) in [5.41, 5.74) is 0. The van der Waals surface area contributed by atoms with Crippen LogP contribution in [0.4, 0.5) is 0 Å². The lowest BCUT2D eigenvalue weighted by Gasteiger charge is -2.28.